The average Bonchev–Trinajstić information content (AvgIpc) is 2.66. The smallest absolute Gasteiger partial charge is 0.258 e. The van der Waals surface area contributed by atoms with Crippen LogP contribution in [0.1, 0.15) is 35.1 Å². The van der Waals surface area contributed by atoms with Gasteiger partial charge in [0.15, 0.2) is 6.61 Å². The number of nitrogens with one attached hydrogen (secondary N) is 1. The molecular weight excluding hydrogens is 326 g/mol. The molecule has 0 fully saturated rings. The Kier molecular flexibility index (Phi) is 6.16. The maximum absolute atomic E-state index is 11.9. The van der Waals surface area contributed by atoms with Gasteiger partial charge in [-0.2, -0.15) is 0 Å². The van der Waals surface area contributed by atoms with Gasteiger partial charge in [0, 0.05) is 0 Å². The van der Waals surface area contributed by atoms with Crippen molar-refractivity contribution in [2.75, 3.05) is 19.8 Å². The molecule has 0 aliphatic heterocycles. The van der Waals surface area contributed by atoms with E-state index in [2.05, 4.69) is 31.3 Å². The van der Waals surface area contributed by atoms with Crippen LogP contribution >= 0.6 is 0 Å². The van der Waals surface area contributed by atoms with Crippen molar-refractivity contribution in [2.24, 2.45) is 0 Å². The van der Waals surface area contributed by atoms with Gasteiger partial charge in [0.1, 0.15) is 18.1 Å². The molecule has 1 amide bonds. The Bertz CT molecular complexity index is 770. The minimum absolute atomic E-state index is 0.0302. The fourth-order valence-corrected chi connectivity index (χ4v) is 3.16. The van der Waals surface area contributed by atoms with Crippen molar-refractivity contribution in [2.45, 2.75) is 39.5 Å². The maximum atomic E-state index is 11.9. The topological polar surface area (TPSA) is 47.6 Å². The van der Waals surface area contributed by atoms with Crippen molar-refractivity contribution >= 4 is 5.91 Å². The second-order valence-electron chi connectivity index (χ2n) is 6.87. The fraction of sp³-hybridized carbons (Fsp3) is 0.409. The number of benzene rings is 2. The van der Waals surface area contributed by atoms with Crippen molar-refractivity contribution in [3.63, 3.8) is 0 Å². The number of ether oxygens (including phenoxy) is 2. The molecule has 0 aromatic heterocycles. The zero-order valence-corrected chi connectivity index (χ0v) is 15.6. The molecule has 1 aliphatic carbocycles. The van der Waals surface area contributed by atoms with Crippen molar-refractivity contribution in [1.29, 1.82) is 0 Å². The van der Waals surface area contributed by atoms with E-state index < -0.39 is 0 Å². The number of hydrogen-bond acceptors (Lipinski definition) is 3. The first-order valence-electron chi connectivity index (χ1n) is 9.33. The Hall–Kier alpha value is -2.49. The summed E-state index contributed by atoms with van der Waals surface area (Å²) < 4.78 is 11.3. The Balaban J connectivity index is 1.37. The van der Waals surface area contributed by atoms with Crippen molar-refractivity contribution in [3.05, 3.63) is 58.7 Å². The highest BCUT2D eigenvalue weighted by Crippen LogP contribution is 2.25. The van der Waals surface area contributed by atoms with Crippen LogP contribution in [0.5, 0.6) is 11.5 Å². The van der Waals surface area contributed by atoms with Gasteiger partial charge >= 0.3 is 0 Å². The van der Waals surface area contributed by atoms with E-state index in [9.17, 15) is 4.79 Å². The van der Waals surface area contributed by atoms with Crippen LogP contribution in [-0.2, 0) is 17.6 Å². The lowest BCUT2D eigenvalue weighted by Crippen LogP contribution is -2.32. The summed E-state index contributed by atoms with van der Waals surface area (Å²) in [5, 5.41) is 2.82. The van der Waals surface area contributed by atoms with Gasteiger partial charge in [-0.15, -0.1) is 0 Å². The molecule has 0 heterocycles. The van der Waals surface area contributed by atoms with Crippen LogP contribution in [-0.4, -0.2) is 25.7 Å². The summed E-state index contributed by atoms with van der Waals surface area (Å²) in [5.41, 5.74) is 5.21. The highest BCUT2D eigenvalue weighted by atomic mass is 16.5. The number of hydrogen-bond donors (Lipinski definition) is 1. The number of amides is 1. The summed E-state index contributed by atoms with van der Waals surface area (Å²) in [7, 11) is 0. The number of carbonyl (C=O) groups is 1. The van der Waals surface area contributed by atoms with E-state index in [1.54, 1.807) is 0 Å². The zero-order chi connectivity index (χ0) is 18.4. The second kappa shape index (κ2) is 8.75. The largest absolute Gasteiger partial charge is 0.492 e. The summed E-state index contributed by atoms with van der Waals surface area (Å²) >= 11 is 0. The molecule has 0 unspecified atom stereocenters. The van der Waals surface area contributed by atoms with Gasteiger partial charge in [-0.1, -0.05) is 12.1 Å². The third-order valence-corrected chi connectivity index (χ3v) is 4.86. The minimum Gasteiger partial charge on any atom is -0.492 e. The Morgan fingerprint density at radius 2 is 1.65 bits per heavy atom. The number of carbonyl (C=O) groups excluding carboxylic acids is 1. The van der Waals surface area contributed by atoms with E-state index in [0.29, 0.717) is 13.2 Å². The van der Waals surface area contributed by atoms with Crippen LogP contribution in [0.15, 0.2) is 36.4 Å². The van der Waals surface area contributed by atoms with Gasteiger partial charge in [-0.25, -0.2) is 0 Å². The number of fused-ring (bicyclic) bond motifs is 1. The normalized spacial score (nSPS) is 13.0. The quantitative estimate of drug-likeness (QED) is 0.771. The van der Waals surface area contributed by atoms with Crippen LogP contribution in [0.25, 0.3) is 0 Å². The lowest BCUT2D eigenvalue weighted by atomic mass is 9.92. The van der Waals surface area contributed by atoms with E-state index in [4.69, 9.17) is 9.47 Å². The minimum atomic E-state index is -0.133. The summed E-state index contributed by atoms with van der Waals surface area (Å²) in [4.78, 5) is 11.9. The molecule has 2 aromatic carbocycles. The molecule has 0 saturated carbocycles. The Morgan fingerprint density at radius 3 is 2.46 bits per heavy atom. The number of rotatable bonds is 7. The standard InChI is InChI=1S/C22H27NO3/c1-16-7-9-20(13-17(16)2)25-12-11-23-22(24)15-26-21-10-8-18-5-3-4-6-19(18)14-21/h7-10,13-14H,3-6,11-12,15H2,1-2H3,(H,23,24). The van der Waals surface area contributed by atoms with Crippen molar-refractivity contribution in [3.8, 4) is 11.5 Å². The van der Waals surface area contributed by atoms with Gasteiger partial charge in [-0.3, -0.25) is 4.79 Å². The predicted molar refractivity (Wildman–Crippen MR) is 103 cm³/mol. The molecule has 1 aliphatic rings. The molecule has 2 aromatic rings. The molecule has 3 rings (SSSR count). The molecule has 0 atom stereocenters. The molecule has 138 valence electrons. The SMILES string of the molecule is Cc1ccc(OCCNC(=O)COc2ccc3c(c2)CCCC3)cc1C. The van der Waals surface area contributed by atoms with Gasteiger partial charge in [0.2, 0.25) is 0 Å². The van der Waals surface area contributed by atoms with E-state index in [1.807, 2.05) is 24.3 Å². The third-order valence-electron chi connectivity index (χ3n) is 4.86. The molecule has 0 radical (unpaired) electrons. The van der Waals surface area contributed by atoms with Gasteiger partial charge in [-0.05, 0) is 86.1 Å². The van der Waals surface area contributed by atoms with Crippen LogP contribution in [0, 0.1) is 13.8 Å². The van der Waals surface area contributed by atoms with Gasteiger partial charge in [0.05, 0.1) is 6.54 Å². The van der Waals surface area contributed by atoms with E-state index in [0.717, 1.165) is 24.3 Å². The lowest BCUT2D eigenvalue weighted by molar-refractivity contribution is -0.123. The van der Waals surface area contributed by atoms with Crippen LogP contribution in [0.2, 0.25) is 0 Å². The molecule has 4 heteroatoms. The van der Waals surface area contributed by atoms with E-state index >= 15 is 0 Å². The number of aryl methyl sites for hydroxylation is 4. The molecule has 0 saturated heterocycles. The van der Waals surface area contributed by atoms with Crippen LogP contribution < -0.4 is 14.8 Å². The Morgan fingerprint density at radius 1 is 0.923 bits per heavy atom. The zero-order valence-electron chi connectivity index (χ0n) is 15.6. The molecule has 4 nitrogen and oxygen atoms in total. The molecule has 26 heavy (non-hydrogen) atoms. The highest BCUT2D eigenvalue weighted by molar-refractivity contribution is 5.77. The van der Waals surface area contributed by atoms with Gasteiger partial charge < -0.3 is 14.8 Å². The molecule has 1 N–H and O–H groups in total. The van der Waals surface area contributed by atoms with E-state index in [1.165, 1.54) is 35.1 Å². The van der Waals surface area contributed by atoms with Crippen LogP contribution in [0.3, 0.4) is 0 Å². The Labute approximate surface area is 155 Å². The molecule has 0 bridgehead atoms. The summed E-state index contributed by atoms with van der Waals surface area (Å²) in [6.07, 6.45) is 4.75. The first-order valence-corrected chi connectivity index (χ1v) is 9.33. The third kappa shape index (κ3) is 5.01. The van der Waals surface area contributed by atoms with E-state index in [-0.39, 0.29) is 12.5 Å². The first kappa shape index (κ1) is 18.3. The average molecular weight is 353 g/mol. The summed E-state index contributed by atoms with van der Waals surface area (Å²) in [6.45, 7) is 5.05. The van der Waals surface area contributed by atoms with Gasteiger partial charge in [0.25, 0.3) is 5.91 Å². The summed E-state index contributed by atoms with van der Waals surface area (Å²) in [5.74, 6) is 1.46. The highest BCUT2D eigenvalue weighted by Gasteiger charge is 2.10. The predicted octanol–water partition coefficient (Wildman–Crippen LogP) is 3.76. The first-order chi connectivity index (χ1) is 12.6. The fourth-order valence-electron chi connectivity index (χ4n) is 3.16. The lowest BCUT2D eigenvalue weighted by Gasteiger charge is -2.16. The second-order valence-corrected chi connectivity index (χ2v) is 6.87. The monoisotopic (exact) mass is 353 g/mol. The molecular formula is C22H27NO3. The summed E-state index contributed by atoms with van der Waals surface area (Å²) in [6, 6.07) is 12.2. The maximum Gasteiger partial charge on any atom is 0.258 e. The van der Waals surface area contributed by atoms with Crippen molar-refractivity contribution in [1.82, 2.24) is 5.32 Å². The van der Waals surface area contributed by atoms with Crippen molar-refractivity contribution < 1.29 is 14.3 Å². The van der Waals surface area contributed by atoms with Crippen LogP contribution in [0.4, 0.5) is 0 Å². The molecule has 0 spiro atoms.